The Balaban J connectivity index is 1.75. The average molecular weight is 405 g/mol. The number of aromatic nitrogens is 1. The predicted octanol–water partition coefficient (Wildman–Crippen LogP) is 6.55. The van der Waals surface area contributed by atoms with Gasteiger partial charge in [-0.15, -0.1) is 0 Å². The summed E-state index contributed by atoms with van der Waals surface area (Å²) in [6.45, 7) is 6.51. The first-order chi connectivity index (χ1) is 12.2. The van der Waals surface area contributed by atoms with Crippen LogP contribution >= 0.6 is 34.5 Å². The second-order valence-electron chi connectivity index (χ2n) is 6.94. The number of fused-ring (bicyclic) bond motifs is 1. The van der Waals surface area contributed by atoms with Gasteiger partial charge in [0.2, 0.25) is 5.91 Å². The van der Waals surface area contributed by atoms with Crippen LogP contribution in [-0.2, 0) is 10.2 Å². The van der Waals surface area contributed by atoms with Gasteiger partial charge in [0.05, 0.1) is 10.2 Å². The molecule has 1 amide bonds. The lowest BCUT2D eigenvalue weighted by Gasteiger charge is -2.18. The summed E-state index contributed by atoms with van der Waals surface area (Å²) in [5.74, 6) is -0.258. The largest absolute Gasteiger partial charge is 0.298 e. The first-order valence-electron chi connectivity index (χ1n) is 8.07. The van der Waals surface area contributed by atoms with Crippen LogP contribution in [0.4, 0.5) is 5.13 Å². The van der Waals surface area contributed by atoms with E-state index in [1.165, 1.54) is 23.0 Å². The van der Waals surface area contributed by atoms with Crippen LogP contribution in [0, 0.1) is 0 Å². The third-order valence-electron chi connectivity index (χ3n) is 3.86. The molecule has 0 saturated carbocycles. The topological polar surface area (TPSA) is 42.0 Å². The minimum atomic E-state index is -0.258. The van der Waals surface area contributed by atoms with Crippen LogP contribution in [0.25, 0.3) is 16.3 Å². The van der Waals surface area contributed by atoms with Gasteiger partial charge in [-0.1, -0.05) is 67.4 Å². The van der Waals surface area contributed by atoms with Gasteiger partial charge in [0, 0.05) is 16.1 Å². The van der Waals surface area contributed by atoms with Gasteiger partial charge in [-0.05, 0) is 46.9 Å². The Morgan fingerprint density at radius 1 is 1.15 bits per heavy atom. The molecule has 6 heteroatoms. The molecule has 26 heavy (non-hydrogen) atoms. The summed E-state index contributed by atoms with van der Waals surface area (Å²) >= 11 is 13.4. The van der Waals surface area contributed by atoms with Gasteiger partial charge < -0.3 is 0 Å². The van der Waals surface area contributed by atoms with Crippen molar-refractivity contribution in [2.24, 2.45) is 0 Å². The van der Waals surface area contributed by atoms with Crippen molar-refractivity contribution in [3.63, 3.8) is 0 Å². The van der Waals surface area contributed by atoms with Gasteiger partial charge >= 0.3 is 0 Å². The highest BCUT2D eigenvalue weighted by Crippen LogP contribution is 2.31. The fourth-order valence-electron chi connectivity index (χ4n) is 2.39. The van der Waals surface area contributed by atoms with Crippen molar-refractivity contribution in [3.8, 4) is 0 Å². The maximum Gasteiger partial charge on any atom is 0.250 e. The van der Waals surface area contributed by atoms with E-state index in [0.717, 1.165) is 15.8 Å². The van der Waals surface area contributed by atoms with Crippen LogP contribution in [0.15, 0.2) is 42.5 Å². The number of nitrogens with one attached hydrogen (secondary N) is 1. The minimum absolute atomic E-state index is 0.0716. The van der Waals surface area contributed by atoms with Crippen molar-refractivity contribution in [1.29, 1.82) is 0 Å². The first-order valence-corrected chi connectivity index (χ1v) is 9.65. The number of halogens is 2. The second-order valence-corrected chi connectivity index (χ2v) is 8.81. The standard InChI is InChI=1S/C20H18Cl2N2OS/c1-20(2,3)13-6-8-16-17(10-13)26-19(23-16)24-18(25)9-5-12-4-7-14(21)11-15(12)22/h4-11H,1-3H3,(H,23,24,25)/b9-5+. The SMILES string of the molecule is CC(C)(C)c1ccc2nc(NC(=O)/C=C/c3ccc(Cl)cc3Cl)sc2c1. The van der Waals surface area contributed by atoms with Crippen molar-refractivity contribution in [2.75, 3.05) is 5.32 Å². The van der Waals surface area contributed by atoms with E-state index >= 15 is 0 Å². The molecule has 1 aromatic heterocycles. The van der Waals surface area contributed by atoms with Gasteiger partial charge in [-0.3, -0.25) is 10.1 Å². The molecule has 0 saturated heterocycles. The number of anilines is 1. The lowest BCUT2D eigenvalue weighted by Crippen LogP contribution is -2.10. The molecule has 0 aliphatic carbocycles. The molecule has 0 bridgehead atoms. The number of thiazole rings is 1. The minimum Gasteiger partial charge on any atom is -0.298 e. The molecule has 134 valence electrons. The second kappa shape index (κ2) is 7.39. The molecular weight excluding hydrogens is 387 g/mol. The molecule has 0 fully saturated rings. The Morgan fingerprint density at radius 2 is 1.92 bits per heavy atom. The molecule has 3 aromatic rings. The van der Waals surface area contributed by atoms with Crippen LogP contribution in [0.3, 0.4) is 0 Å². The Hall–Kier alpha value is -1.88. The van der Waals surface area contributed by atoms with E-state index in [4.69, 9.17) is 23.2 Å². The fourth-order valence-corrected chi connectivity index (χ4v) is 3.77. The van der Waals surface area contributed by atoms with Crippen molar-refractivity contribution < 1.29 is 4.79 Å². The monoisotopic (exact) mass is 404 g/mol. The molecule has 0 aliphatic rings. The number of amides is 1. The van der Waals surface area contributed by atoms with Crippen molar-refractivity contribution >= 4 is 61.9 Å². The van der Waals surface area contributed by atoms with Gasteiger partial charge in [-0.25, -0.2) is 4.98 Å². The average Bonchev–Trinajstić information content (AvgIpc) is 2.94. The molecule has 1 heterocycles. The summed E-state index contributed by atoms with van der Waals surface area (Å²) in [5, 5.41) is 4.43. The smallest absolute Gasteiger partial charge is 0.250 e. The van der Waals surface area contributed by atoms with E-state index in [0.29, 0.717) is 15.2 Å². The highest BCUT2D eigenvalue weighted by atomic mass is 35.5. The van der Waals surface area contributed by atoms with E-state index in [2.05, 4.69) is 43.2 Å². The molecule has 1 N–H and O–H groups in total. The van der Waals surface area contributed by atoms with E-state index in [1.807, 2.05) is 6.07 Å². The number of hydrogen-bond donors (Lipinski definition) is 1. The van der Waals surface area contributed by atoms with Gasteiger partial charge in [0.1, 0.15) is 0 Å². The first kappa shape index (κ1) is 18.9. The number of nitrogens with zero attached hydrogens (tertiary/aromatic N) is 1. The molecule has 0 radical (unpaired) electrons. The highest BCUT2D eigenvalue weighted by Gasteiger charge is 2.15. The van der Waals surface area contributed by atoms with Crippen LogP contribution in [0.1, 0.15) is 31.9 Å². The van der Waals surface area contributed by atoms with Crippen LogP contribution < -0.4 is 5.32 Å². The van der Waals surface area contributed by atoms with Crippen LogP contribution in [0.5, 0.6) is 0 Å². The van der Waals surface area contributed by atoms with E-state index < -0.39 is 0 Å². The summed E-state index contributed by atoms with van der Waals surface area (Å²) in [5.41, 5.74) is 2.92. The number of carbonyl (C=O) groups is 1. The number of rotatable bonds is 3. The molecule has 0 unspecified atom stereocenters. The highest BCUT2D eigenvalue weighted by molar-refractivity contribution is 7.22. The van der Waals surface area contributed by atoms with Gasteiger partial charge in [0.15, 0.2) is 5.13 Å². The van der Waals surface area contributed by atoms with Crippen LogP contribution in [-0.4, -0.2) is 10.9 Å². The Kier molecular flexibility index (Phi) is 5.37. The molecule has 3 nitrogen and oxygen atoms in total. The number of benzene rings is 2. The van der Waals surface area contributed by atoms with Crippen LogP contribution in [0.2, 0.25) is 10.0 Å². The molecule has 2 aromatic carbocycles. The summed E-state index contributed by atoms with van der Waals surface area (Å²) in [4.78, 5) is 16.6. The van der Waals surface area contributed by atoms with Crippen molar-refractivity contribution in [3.05, 3.63) is 63.6 Å². The lowest BCUT2D eigenvalue weighted by molar-refractivity contribution is -0.111. The maximum atomic E-state index is 12.2. The predicted molar refractivity (Wildman–Crippen MR) is 112 cm³/mol. The Labute approximate surface area is 166 Å². The molecule has 0 spiro atoms. The third-order valence-corrected chi connectivity index (χ3v) is 5.36. The zero-order valence-electron chi connectivity index (χ0n) is 14.6. The number of hydrogen-bond acceptors (Lipinski definition) is 3. The summed E-state index contributed by atoms with van der Waals surface area (Å²) in [6, 6.07) is 11.3. The van der Waals surface area contributed by atoms with Crippen molar-refractivity contribution in [1.82, 2.24) is 4.98 Å². The molecular formula is C20H18Cl2N2OS. The summed E-state index contributed by atoms with van der Waals surface area (Å²) in [7, 11) is 0. The maximum absolute atomic E-state index is 12.2. The van der Waals surface area contributed by atoms with E-state index in [9.17, 15) is 4.79 Å². The molecule has 0 aliphatic heterocycles. The van der Waals surface area contributed by atoms with E-state index in [1.54, 1.807) is 24.3 Å². The van der Waals surface area contributed by atoms with Gasteiger partial charge in [0.25, 0.3) is 0 Å². The Morgan fingerprint density at radius 3 is 2.62 bits per heavy atom. The molecule has 0 atom stereocenters. The van der Waals surface area contributed by atoms with Crippen molar-refractivity contribution in [2.45, 2.75) is 26.2 Å². The zero-order valence-corrected chi connectivity index (χ0v) is 17.0. The Bertz CT molecular complexity index is 1000. The molecule has 3 rings (SSSR count). The summed E-state index contributed by atoms with van der Waals surface area (Å²) < 4.78 is 1.05. The fraction of sp³-hybridized carbons (Fsp3) is 0.200. The quantitative estimate of drug-likeness (QED) is 0.502. The number of carbonyl (C=O) groups excluding carboxylic acids is 1. The summed E-state index contributed by atoms with van der Waals surface area (Å²) in [6.07, 6.45) is 3.08. The lowest BCUT2D eigenvalue weighted by atomic mass is 9.87. The zero-order chi connectivity index (χ0) is 18.9. The normalized spacial score (nSPS) is 12.0. The van der Waals surface area contributed by atoms with E-state index in [-0.39, 0.29) is 11.3 Å². The third kappa shape index (κ3) is 4.44. The van der Waals surface area contributed by atoms with Gasteiger partial charge in [-0.2, -0.15) is 0 Å².